The third kappa shape index (κ3) is 10.0. The molecule has 0 aromatic heterocycles. The predicted molar refractivity (Wildman–Crippen MR) is 95.6 cm³/mol. The van der Waals surface area contributed by atoms with Crippen LogP contribution in [0.1, 0.15) is 60.3 Å². The van der Waals surface area contributed by atoms with Crippen molar-refractivity contribution in [1.82, 2.24) is 10.6 Å². The highest BCUT2D eigenvalue weighted by atomic mass is 16.4. The molecule has 0 rings (SSSR count). The standard InChI is InChI=1S/C18H30N2O6/c1-6-7-14(20-18(3,4)5)16(25)17(26)19-10-13(22)8-12(11(2)21)9-15(23)24/h12,14,20H,6-10H2,1-5H3,(H,19,26)(H,23,24). The molecule has 0 aliphatic carbocycles. The molecule has 0 saturated heterocycles. The Kier molecular flexibility index (Phi) is 9.93. The Balaban J connectivity index is 4.69. The van der Waals surface area contributed by atoms with E-state index in [1.807, 2.05) is 27.7 Å². The maximum Gasteiger partial charge on any atom is 0.304 e. The van der Waals surface area contributed by atoms with Gasteiger partial charge in [0.15, 0.2) is 5.78 Å². The lowest BCUT2D eigenvalue weighted by Gasteiger charge is -2.27. The molecule has 0 heterocycles. The highest BCUT2D eigenvalue weighted by Crippen LogP contribution is 2.11. The summed E-state index contributed by atoms with van der Waals surface area (Å²) in [5, 5.41) is 14.1. The minimum atomic E-state index is -1.17. The molecular weight excluding hydrogens is 340 g/mol. The Bertz CT molecular complexity index is 550. The molecule has 8 heteroatoms. The molecule has 3 N–H and O–H groups in total. The molecule has 0 aromatic rings. The van der Waals surface area contributed by atoms with Crippen LogP contribution in [0.3, 0.4) is 0 Å². The van der Waals surface area contributed by atoms with Crippen molar-refractivity contribution in [3.05, 3.63) is 0 Å². The number of ketones is 3. The second kappa shape index (κ2) is 10.8. The first-order valence-electron chi connectivity index (χ1n) is 8.71. The van der Waals surface area contributed by atoms with Gasteiger partial charge in [0.2, 0.25) is 5.78 Å². The molecule has 0 radical (unpaired) electrons. The van der Waals surface area contributed by atoms with Crippen LogP contribution in [0.5, 0.6) is 0 Å². The molecule has 0 spiro atoms. The molecular formula is C18H30N2O6. The van der Waals surface area contributed by atoms with Crippen LogP contribution in [-0.2, 0) is 24.0 Å². The number of Topliss-reactive ketones (excluding diaryl/α,β-unsaturated/α-hetero) is 3. The van der Waals surface area contributed by atoms with Crippen molar-refractivity contribution >= 4 is 29.2 Å². The van der Waals surface area contributed by atoms with Gasteiger partial charge in [0, 0.05) is 17.9 Å². The van der Waals surface area contributed by atoms with Gasteiger partial charge in [-0.05, 0) is 34.1 Å². The Morgan fingerprint density at radius 2 is 1.62 bits per heavy atom. The lowest BCUT2D eigenvalue weighted by atomic mass is 9.95. The Morgan fingerprint density at radius 3 is 2.04 bits per heavy atom. The molecule has 0 bridgehead atoms. The highest BCUT2D eigenvalue weighted by Gasteiger charge is 2.28. The largest absolute Gasteiger partial charge is 0.481 e. The topological polar surface area (TPSA) is 130 Å². The third-order valence-corrected chi connectivity index (χ3v) is 3.64. The fraction of sp³-hybridized carbons (Fsp3) is 0.722. The lowest BCUT2D eigenvalue weighted by molar-refractivity contribution is -0.141. The number of rotatable bonds is 12. The summed E-state index contributed by atoms with van der Waals surface area (Å²) in [6, 6.07) is -0.646. The number of nitrogens with one attached hydrogen (secondary N) is 2. The number of aliphatic carboxylic acids is 1. The zero-order valence-corrected chi connectivity index (χ0v) is 16.2. The van der Waals surface area contributed by atoms with Gasteiger partial charge < -0.3 is 15.7 Å². The molecule has 2 unspecified atom stereocenters. The number of carbonyl (C=O) groups excluding carboxylic acids is 4. The van der Waals surface area contributed by atoms with E-state index in [4.69, 9.17) is 5.11 Å². The number of hydrogen-bond donors (Lipinski definition) is 3. The lowest BCUT2D eigenvalue weighted by Crippen LogP contribution is -2.52. The third-order valence-electron chi connectivity index (χ3n) is 3.64. The Hall–Kier alpha value is -2.09. The second-order valence-electron chi connectivity index (χ2n) is 7.43. The average Bonchev–Trinajstić information content (AvgIpc) is 2.49. The van der Waals surface area contributed by atoms with Crippen LogP contribution in [-0.4, -0.2) is 52.5 Å². The average molecular weight is 370 g/mol. The van der Waals surface area contributed by atoms with Crippen molar-refractivity contribution in [2.45, 2.75) is 71.9 Å². The zero-order chi connectivity index (χ0) is 20.5. The summed E-state index contributed by atoms with van der Waals surface area (Å²) in [5.41, 5.74) is -0.350. The van der Waals surface area contributed by atoms with E-state index in [-0.39, 0.29) is 12.0 Å². The van der Waals surface area contributed by atoms with Crippen LogP contribution >= 0.6 is 0 Å². The van der Waals surface area contributed by atoms with Crippen molar-refractivity contribution in [3.63, 3.8) is 0 Å². The second-order valence-corrected chi connectivity index (χ2v) is 7.43. The van der Waals surface area contributed by atoms with Crippen molar-refractivity contribution in [1.29, 1.82) is 0 Å². The van der Waals surface area contributed by atoms with E-state index in [1.54, 1.807) is 0 Å². The minimum Gasteiger partial charge on any atom is -0.481 e. The number of carbonyl (C=O) groups is 5. The molecule has 26 heavy (non-hydrogen) atoms. The van der Waals surface area contributed by atoms with Gasteiger partial charge >= 0.3 is 5.97 Å². The van der Waals surface area contributed by atoms with Crippen molar-refractivity contribution in [2.75, 3.05) is 6.54 Å². The van der Waals surface area contributed by atoms with Crippen LogP contribution in [0.15, 0.2) is 0 Å². The minimum absolute atomic E-state index is 0.283. The number of carboxylic acid groups (broad SMARTS) is 1. The zero-order valence-electron chi connectivity index (χ0n) is 16.2. The van der Waals surface area contributed by atoms with Crippen molar-refractivity contribution in [2.24, 2.45) is 5.92 Å². The fourth-order valence-electron chi connectivity index (χ4n) is 2.42. The summed E-state index contributed by atoms with van der Waals surface area (Å²) in [5.74, 6) is -4.52. The summed E-state index contributed by atoms with van der Waals surface area (Å²) in [6.45, 7) is 8.35. The van der Waals surface area contributed by atoms with Gasteiger partial charge in [-0.2, -0.15) is 0 Å². The summed E-state index contributed by atoms with van der Waals surface area (Å²) in [6.07, 6.45) is 0.473. The quantitative estimate of drug-likeness (QED) is 0.435. The molecule has 8 nitrogen and oxygen atoms in total. The van der Waals surface area contributed by atoms with Crippen molar-refractivity contribution in [3.8, 4) is 0 Å². The van der Waals surface area contributed by atoms with E-state index < -0.39 is 54.2 Å². The number of amides is 1. The van der Waals surface area contributed by atoms with Gasteiger partial charge in [-0.15, -0.1) is 0 Å². The molecule has 0 aliphatic heterocycles. The molecule has 0 fully saturated rings. The van der Waals surface area contributed by atoms with Crippen LogP contribution < -0.4 is 10.6 Å². The summed E-state index contributed by atoms with van der Waals surface area (Å²) >= 11 is 0. The van der Waals surface area contributed by atoms with E-state index in [2.05, 4.69) is 10.6 Å². The van der Waals surface area contributed by atoms with Crippen molar-refractivity contribution < 1.29 is 29.1 Å². The maximum absolute atomic E-state index is 12.3. The summed E-state index contributed by atoms with van der Waals surface area (Å²) < 4.78 is 0. The molecule has 2 atom stereocenters. The predicted octanol–water partition coefficient (Wildman–Crippen LogP) is 0.868. The van der Waals surface area contributed by atoms with Gasteiger partial charge in [0.05, 0.1) is 19.0 Å². The molecule has 1 amide bonds. The van der Waals surface area contributed by atoms with Crippen LogP contribution in [0.4, 0.5) is 0 Å². The first kappa shape index (κ1) is 23.9. The SMILES string of the molecule is CCCC(NC(C)(C)C)C(=O)C(=O)NCC(=O)CC(CC(=O)O)C(C)=O. The fourth-order valence-corrected chi connectivity index (χ4v) is 2.42. The van der Waals surface area contributed by atoms with E-state index in [0.717, 1.165) is 0 Å². The van der Waals surface area contributed by atoms with Gasteiger partial charge in [0.25, 0.3) is 5.91 Å². The van der Waals surface area contributed by atoms with Crippen LogP contribution in [0.2, 0.25) is 0 Å². The highest BCUT2D eigenvalue weighted by molar-refractivity contribution is 6.38. The van der Waals surface area contributed by atoms with Gasteiger partial charge in [-0.25, -0.2) is 0 Å². The van der Waals surface area contributed by atoms with Gasteiger partial charge in [-0.3, -0.25) is 24.0 Å². The normalized spacial score (nSPS) is 13.6. The van der Waals surface area contributed by atoms with Gasteiger partial charge in [-0.1, -0.05) is 13.3 Å². The molecule has 0 saturated carbocycles. The summed E-state index contributed by atoms with van der Waals surface area (Å²) in [7, 11) is 0. The smallest absolute Gasteiger partial charge is 0.304 e. The van der Waals surface area contributed by atoms with E-state index in [9.17, 15) is 24.0 Å². The molecule has 0 aliphatic rings. The number of carboxylic acids is 1. The maximum atomic E-state index is 12.3. The first-order chi connectivity index (χ1) is 11.9. The Morgan fingerprint density at radius 1 is 1.04 bits per heavy atom. The number of hydrogen-bond acceptors (Lipinski definition) is 6. The van der Waals surface area contributed by atoms with Gasteiger partial charge in [0.1, 0.15) is 5.78 Å². The van der Waals surface area contributed by atoms with Crippen LogP contribution in [0.25, 0.3) is 0 Å². The molecule has 148 valence electrons. The Labute approximate surface area is 154 Å². The van der Waals surface area contributed by atoms with E-state index in [0.29, 0.717) is 12.8 Å². The van der Waals surface area contributed by atoms with E-state index >= 15 is 0 Å². The monoisotopic (exact) mass is 370 g/mol. The first-order valence-corrected chi connectivity index (χ1v) is 8.71. The van der Waals surface area contributed by atoms with Crippen LogP contribution in [0, 0.1) is 5.92 Å². The molecule has 0 aromatic carbocycles. The van der Waals surface area contributed by atoms with E-state index in [1.165, 1.54) is 6.92 Å². The summed E-state index contributed by atoms with van der Waals surface area (Å²) in [4.78, 5) is 58.3.